The lowest BCUT2D eigenvalue weighted by Gasteiger charge is -2.23. The van der Waals surface area contributed by atoms with Gasteiger partial charge in [-0.3, -0.25) is 4.79 Å². The molecule has 0 aliphatic carbocycles. The summed E-state index contributed by atoms with van der Waals surface area (Å²) >= 11 is 0. The highest BCUT2D eigenvalue weighted by Crippen LogP contribution is 2.29. The van der Waals surface area contributed by atoms with E-state index in [0.717, 1.165) is 9.87 Å². The molecule has 3 aromatic rings. The molecule has 3 rings (SSSR count). The van der Waals surface area contributed by atoms with Gasteiger partial charge in [0.1, 0.15) is 17.2 Å². The number of carbonyl (C=O) groups is 1. The van der Waals surface area contributed by atoms with E-state index in [4.69, 9.17) is 14.2 Å². The number of aryl methyl sites for hydroxylation is 1. The fourth-order valence-corrected chi connectivity index (χ4v) is 4.90. The Hall–Kier alpha value is -3.56. The molecular weight excluding hydrogens is 456 g/mol. The summed E-state index contributed by atoms with van der Waals surface area (Å²) in [6.45, 7) is 1.40. The van der Waals surface area contributed by atoms with Crippen molar-refractivity contribution in [3.05, 3.63) is 77.9 Å². The second kappa shape index (κ2) is 11.0. The lowest BCUT2D eigenvalue weighted by atomic mass is 10.2. The highest BCUT2D eigenvalue weighted by atomic mass is 32.2. The molecule has 34 heavy (non-hydrogen) atoms. The molecule has 3 aromatic carbocycles. The molecule has 0 unspecified atom stereocenters. The molecule has 0 heterocycles. The van der Waals surface area contributed by atoms with Gasteiger partial charge in [0.05, 0.1) is 38.5 Å². The van der Waals surface area contributed by atoms with Crippen LogP contribution in [0.25, 0.3) is 0 Å². The van der Waals surface area contributed by atoms with E-state index < -0.39 is 22.5 Å². The zero-order valence-corrected chi connectivity index (χ0v) is 20.4. The number of hydrogen-bond acceptors (Lipinski definition) is 6. The van der Waals surface area contributed by atoms with E-state index in [1.165, 1.54) is 33.5 Å². The summed E-state index contributed by atoms with van der Waals surface area (Å²) in [4.78, 5) is 13.0. The SMILES string of the molecule is COc1ccc(NC(=O)CN(Cc2ccccc2)S(=O)(=O)c2ccc(OC)c(C)c2)c(OC)c1. The van der Waals surface area contributed by atoms with E-state index in [2.05, 4.69) is 5.32 Å². The van der Waals surface area contributed by atoms with Crippen LogP contribution in [0.4, 0.5) is 5.69 Å². The summed E-state index contributed by atoms with van der Waals surface area (Å²) in [5, 5.41) is 2.74. The number of anilines is 1. The summed E-state index contributed by atoms with van der Waals surface area (Å²) in [5.74, 6) is 1.04. The molecule has 0 bridgehead atoms. The monoisotopic (exact) mass is 484 g/mol. The largest absolute Gasteiger partial charge is 0.497 e. The van der Waals surface area contributed by atoms with Crippen molar-refractivity contribution in [3.8, 4) is 17.2 Å². The smallest absolute Gasteiger partial charge is 0.243 e. The zero-order valence-electron chi connectivity index (χ0n) is 19.6. The van der Waals surface area contributed by atoms with Crippen LogP contribution < -0.4 is 19.5 Å². The Kier molecular flexibility index (Phi) is 8.14. The van der Waals surface area contributed by atoms with Gasteiger partial charge in [0.15, 0.2) is 0 Å². The van der Waals surface area contributed by atoms with E-state index in [1.807, 2.05) is 30.3 Å². The molecule has 8 nitrogen and oxygen atoms in total. The van der Waals surface area contributed by atoms with Crippen LogP contribution >= 0.6 is 0 Å². The first-order chi connectivity index (χ1) is 16.3. The molecule has 0 fully saturated rings. The molecule has 0 spiro atoms. The van der Waals surface area contributed by atoms with Crippen LogP contribution in [0, 0.1) is 6.92 Å². The van der Waals surface area contributed by atoms with Crippen molar-refractivity contribution in [3.63, 3.8) is 0 Å². The summed E-state index contributed by atoms with van der Waals surface area (Å²) in [5.41, 5.74) is 1.84. The number of nitrogens with zero attached hydrogens (tertiary/aromatic N) is 1. The van der Waals surface area contributed by atoms with Gasteiger partial charge in [-0.25, -0.2) is 8.42 Å². The van der Waals surface area contributed by atoms with Crippen molar-refractivity contribution in [2.24, 2.45) is 0 Å². The average Bonchev–Trinajstić information content (AvgIpc) is 2.84. The minimum Gasteiger partial charge on any atom is -0.497 e. The lowest BCUT2D eigenvalue weighted by molar-refractivity contribution is -0.116. The van der Waals surface area contributed by atoms with E-state index in [0.29, 0.717) is 28.5 Å². The molecule has 0 saturated heterocycles. The number of methoxy groups -OCH3 is 3. The van der Waals surface area contributed by atoms with Crippen molar-refractivity contribution in [2.75, 3.05) is 33.2 Å². The first-order valence-electron chi connectivity index (χ1n) is 10.5. The number of carbonyl (C=O) groups excluding carboxylic acids is 1. The van der Waals surface area contributed by atoms with E-state index in [-0.39, 0.29) is 11.4 Å². The molecule has 9 heteroatoms. The number of amides is 1. The summed E-state index contributed by atoms with van der Waals surface area (Å²) in [6.07, 6.45) is 0. The topological polar surface area (TPSA) is 94.2 Å². The average molecular weight is 485 g/mol. The van der Waals surface area contributed by atoms with Crippen LogP contribution in [0.1, 0.15) is 11.1 Å². The van der Waals surface area contributed by atoms with Crippen molar-refractivity contribution in [1.82, 2.24) is 4.31 Å². The molecule has 0 aromatic heterocycles. The quantitative estimate of drug-likeness (QED) is 0.470. The molecule has 0 atom stereocenters. The van der Waals surface area contributed by atoms with Gasteiger partial charge in [0.2, 0.25) is 15.9 Å². The van der Waals surface area contributed by atoms with Gasteiger partial charge in [0.25, 0.3) is 0 Å². The molecule has 0 radical (unpaired) electrons. The Bertz CT molecular complexity index is 1250. The van der Waals surface area contributed by atoms with E-state index in [1.54, 1.807) is 31.2 Å². The zero-order chi connectivity index (χ0) is 24.7. The third kappa shape index (κ3) is 5.86. The summed E-state index contributed by atoms with van der Waals surface area (Å²) < 4.78 is 44.0. The first-order valence-corrected chi connectivity index (χ1v) is 11.9. The van der Waals surface area contributed by atoms with Gasteiger partial charge < -0.3 is 19.5 Å². The molecule has 0 saturated carbocycles. The van der Waals surface area contributed by atoms with Gasteiger partial charge >= 0.3 is 0 Å². The summed E-state index contributed by atoms with van der Waals surface area (Å²) in [7, 11) is 0.532. The second-order valence-corrected chi connectivity index (χ2v) is 9.44. The van der Waals surface area contributed by atoms with Crippen LogP contribution in [0.15, 0.2) is 71.6 Å². The molecule has 0 aliphatic rings. The van der Waals surface area contributed by atoms with Gasteiger partial charge in [0, 0.05) is 12.6 Å². The minimum atomic E-state index is -3.99. The fourth-order valence-electron chi connectivity index (χ4n) is 3.43. The van der Waals surface area contributed by atoms with Crippen molar-refractivity contribution >= 4 is 21.6 Å². The van der Waals surface area contributed by atoms with Gasteiger partial charge in [-0.1, -0.05) is 30.3 Å². The Morgan fingerprint density at radius 2 is 1.59 bits per heavy atom. The first kappa shape index (κ1) is 25.1. The number of ether oxygens (including phenoxy) is 3. The fraction of sp³-hybridized carbons (Fsp3) is 0.240. The predicted octanol–water partition coefficient (Wildman–Crippen LogP) is 3.85. The van der Waals surface area contributed by atoms with Gasteiger partial charge in [-0.15, -0.1) is 0 Å². The van der Waals surface area contributed by atoms with Crippen LogP contribution in [-0.2, 0) is 21.4 Å². The second-order valence-electron chi connectivity index (χ2n) is 7.50. The van der Waals surface area contributed by atoms with Crippen LogP contribution in [-0.4, -0.2) is 46.5 Å². The lowest BCUT2D eigenvalue weighted by Crippen LogP contribution is -2.37. The van der Waals surface area contributed by atoms with Crippen molar-refractivity contribution in [1.29, 1.82) is 0 Å². The summed E-state index contributed by atoms with van der Waals surface area (Å²) in [6, 6.07) is 18.7. The van der Waals surface area contributed by atoms with Crippen molar-refractivity contribution < 1.29 is 27.4 Å². The number of benzene rings is 3. The van der Waals surface area contributed by atoms with E-state index in [9.17, 15) is 13.2 Å². The highest BCUT2D eigenvalue weighted by Gasteiger charge is 2.28. The molecule has 1 amide bonds. The molecule has 1 N–H and O–H groups in total. The maximum Gasteiger partial charge on any atom is 0.243 e. The normalized spacial score (nSPS) is 11.2. The predicted molar refractivity (Wildman–Crippen MR) is 130 cm³/mol. The third-order valence-corrected chi connectivity index (χ3v) is 7.00. The maximum atomic E-state index is 13.5. The molecular formula is C25H28N2O6S. The molecule has 180 valence electrons. The van der Waals surface area contributed by atoms with Crippen molar-refractivity contribution in [2.45, 2.75) is 18.4 Å². The highest BCUT2D eigenvalue weighted by molar-refractivity contribution is 7.89. The Morgan fingerprint density at radius 1 is 0.882 bits per heavy atom. The Morgan fingerprint density at radius 3 is 2.21 bits per heavy atom. The maximum absolute atomic E-state index is 13.5. The standard InChI is InChI=1S/C25H28N2O6S/c1-18-14-21(11-13-23(18)32-3)34(29,30)27(16-19-8-6-5-7-9-19)17-25(28)26-22-12-10-20(31-2)15-24(22)33-4/h5-15H,16-17H2,1-4H3,(H,26,28). The third-order valence-electron chi connectivity index (χ3n) is 5.21. The van der Waals surface area contributed by atoms with Crippen LogP contribution in [0.5, 0.6) is 17.2 Å². The number of nitrogens with one attached hydrogen (secondary N) is 1. The van der Waals surface area contributed by atoms with E-state index >= 15 is 0 Å². The Labute approximate surface area is 200 Å². The van der Waals surface area contributed by atoms with Crippen LogP contribution in [0.3, 0.4) is 0 Å². The number of rotatable bonds is 10. The Balaban J connectivity index is 1.90. The molecule has 0 aliphatic heterocycles. The number of hydrogen-bond donors (Lipinski definition) is 1. The number of sulfonamides is 1. The van der Waals surface area contributed by atoms with Gasteiger partial charge in [-0.05, 0) is 48.4 Å². The van der Waals surface area contributed by atoms with Crippen LogP contribution in [0.2, 0.25) is 0 Å². The minimum absolute atomic E-state index is 0.0292. The van der Waals surface area contributed by atoms with Gasteiger partial charge in [-0.2, -0.15) is 4.31 Å².